The number of para-hydroxylation sites is 1. The molecule has 1 unspecified atom stereocenters. The molecule has 1 saturated heterocycles. The largest absolute Gasteiger partial charge is 0.484 e. The summed E-state index contributed by atoms with van der Waals surface area (Å²) in [5.41, 5.74) is 0.865. The highest BCUT2D eigenvalue weighted by atomic mass is 16.5. The fraction of sp³-hybridized carbons (Fsp3) is 0.435. The van der Waals surface area contributed by atoms with Gasteiger partial charge < -0.3 is 19.9 Å². The van der Waals surface area contributed by atoms with Gasteiger partial charge in [0.05, 0.1) is 0 Å². The number of nitrogens with one attached hydrogen (secondary N) is 1. The van der Waals surface area contributed by atoms with E-state index in [1.807, 2.05) is 49.9 Å². The van der Waals surface area contributed by atoms with Gasteiger partial charge in [-0.3, -0.25) is 9.59 Å². The summed E-state index contributed by atoms with van der Waals surface area (Å²) in [6.45, 7) is 8.06. The lowest BCUT2D eigenvalue weighted by Gasteiger charge is -2.38. The Morgan fingerprint density at radius 2 is 1.85 bits per heavy atom. The van der Waals surface area contributed by atoms with Gasteiger partial charge in [0, 0.05) is 37.9 Å². The van der Waals surface area contributed by atoms with Crippen LogP contribution in [0.1, 0.15) is 19.5 Å². The highest BCUT2D eigenvalue weighted by molar-refractivity contribution is 5.88. The minimum atomic E-state index is -0.603. The van der Waals surface area contributed by atoms with Crippen molar-refractivity contribution in [3.63, 3.8) is 0 Å². The third-order valence-electron chi connectivity index (χ3n) is 5.64. The van der Waals surface area contributed by atoms with Crippen molar-refractivity contribution >= 4 is 23.4 Å². The number of anilines is 1. The maximum absolute atomic E-state index is 13.2. The summed E-state index contributed by atoms with van der Waals surface area (Å²) in [5, 5.41) is 7.13. The molecule has 1 aliphatic rings. The van der Waals surface area contributed by atoms with Crippen LogP contribution in [0.25, 0.3) is 5.78 Å². The summed E-state index contributed by atoms with van der Waals surface area (Å²) in [6.07, 6.45) is 1.49. The molecule has 3 heterocycles. The number of benzene rings is 1. The lowest BCUT2D eigenvalue weighted by Crippen LogP contribution is -2.57. The van der Waals surface area contributed by atoms with Crippen molar-refractivity contribution in [3.05, 3.63) is 48.4 Å². The molecule has 10 heteroatoms. The number of ether oxygens (including phenoxy) is 1. The summed E-state index contributed by atoms with van der Waals surface area (Å²) < 4.78 is 7.23. The van der Waals surface area contributed by atoms with E-state index in [-0.39, 0.29) is 24.3 Å². The minimum Gasteiger partial charge on any atom is -0.484 e. The number of carbonyl (C=O) groups is 2. The first-order chi connectivity index (χ1) is 15.9. The van der Waals surface area contributed by atoms with Gasteiger partial charge in [-0.2, -0.15) is 14.6 Å². The van der Waals surface area contributed by atoms with Crippen molar-refractivity contribution in [2.75, 3.05) is 37.7 Å². The van der Waals surface area contributed by atoms with Gasteiger partial charge in [0.2, 0.25) is 5.91 Å². The number of piperazine rings is 1. The van der Waals surface area contributed by atoms with Gasteiger partial charge in [-0.15, -0.1) is 0 Å². The van der Waals surface area contributed by atoms with Gasteiger partial charge in [0.25, 0.3) is 11.7 Å². The normalized spacial score (nSPS) is 15.0. The molecule has 2 aromatic heterocycles. The van der Waals surface area contributed by atoms with Gasteiger partial charge in [0.1, 0.15) is 23.9 Å². The van der Waals surface area contributed by atoms with Crippen molar-refractivity contribution < 1.29 is 14.3 Å². The van der Waals surface area contributed by atoms with Crippen molar-refractivity contribution in [2.45, 2.75) is 26.8 Å². The topological polar surface area (TPSA) is 105 Å². The molecule has 1 aliphatic heterocycles. The van der Waals surface area contributed by atoms with Crippen molar-refractivity contribution in [2.24, 2.45) is 5.92 Å². The first-order valence-corrected chi connectivity index (χ1v) is 11.1. The summed E-state index contributed by atoms with van der Waals surface area (Å²) in [5.74, 6) is 1.65. The number of carbonyl (C=O) groups excluding carboxylic acids is 2. The zero-order valence-electron chi connectivity index (χ0n) is 19.1. The first kappa shape index (κ1) is 22.5. The molecule has 1 fully saturated rings. The van der Waals surface area contributed by atoms with Gasteiger partial charge in [0.15, 0.2) is 6.61 Å². The van der Waals surface area contributed by atoms with E-state index in [1.165, 1.54) is 6.33 Å². The second kappa shape index (κ2) is 9.85. The Hall–Kier alpha value is -3.69. The second-order valence-electron chi connectivity index (χ2n) is 8.43. The van der Waals surface area contributed by atoms with E-state index in [4.69, 9.17) is 4.74 Å². The van der Waals surface area contributed by atoms with E-state index in [1.54, 1.807) is 16.6 Å². The molecule has 4 rings (SSSR count). The van der Waals surface area contributed by atoms with Gasteiger partial charge >= 0.3 is 0 Å². The highest BCUT2D eigenvalue weighted by Crippen LogP contribution is 2.19. The van der Waals surface area contributed by atoms with Crippen LogP contribution in [0.2, 0.25) is 0 Å². The molecule has 1 atom stereocenters. The lowest BCUT2D eigenvalue weighted by atomic mass is 10.0. The highest BCUT2D eigenvalue weighted by Gasteiger charge is 2.31. The van der Waals surface area contributed by atoms with E-state index in [0.29, 0.717) is 37.7 Å². The molecule has 0 aliphatic carbocycles. The Bertz CT molecular complexity index is 1110. The summed E-state index contributed by atoms with van der Waals surface area (Å²) >= 11 is 0. The molecule has 10 nitrogen and oxygen atoms in total. The fourth-order valence-corrected chi connectivity index (χ4v) is 3.88. The fourth-order valence-electron chi connectivity index (χ4n) is 3.88. The van der Waals surface area contributed by atoms with E-state index in [0.717, 1.165) is 11.5 Å². The number of fused-ring (bicyclic) bond motifs is 1. The second-order valence-corrected chi connectivity index (χ2v) is 8.43. The van der Waals surface area contributed by atoms with E-state index < -0.39 is 6.04 Å². The monoisotopic (exact) mass is 451 g/mol. The average Bonchev–Trinajstić information content (AvgIpc) is 3.29. The van der Waals surface area contributed by atoms with Crippen LogP contribution in [-0.2, 0) is 9.59 Å². The third-order valence-corrected chi connectivity index (χ3v) is 5.64. The molecular formula is C23H29N7O3. The zero-order valence-corrected chi connectivity index (χ0v) is 19.1. The average molecular weight is 452 g/mol. The molecular weight excluding hydrogens is 422 g/mol. The van der Waals surface area contributed by atoms with Crippen LogP contribution in [0.3, 0.4) is 0 Å². The Labute approximate surface area is 192 Å². The summed E-state index contributed by atoms with van der Waals surface area (Å²) in [7, 11) is 0. The molecule has 0 spiro atoms. The Kier molecular flexibility index (Phi) is 6.71. The maximum atomic E-state index is 13.2. The first-order valence-electron chi connectivity index (χ1n) is 11.1. The molecule has 1 N–H and O–H groups in total. The van der Waals surface area contributed by atoms with Crippen LogP contribution >= 0.6 is 0 Å². The van der Waals surface area contributed by atoms with Crippen molar-refractivity contribution in [1.82, 2.24) is 29.8 Å². The third kappa shape index (κ3) is 5.21. The SMILES string of the molecule is Cc1cc(N2CCN(C(=O)C(NC(=O)COc3ccccc3)C(C)C)CC2)n2ncnc2n1. The van der Waals surface area contributed by atoms with Crippen LogP contribution < -0.4 is 15.0 Å². The molecule has 3 aromatic rings. The molecule has 33 heavy (non-hydrogen) atoms. The van der Waals surface area contributed by atoms with Gasteiger partial charge in [-0.05, 0) is 25.0 Å². The van der Waals surface area contributed by atoms with E-state index in [9.17, 15) is 9.59 Å². The Morgan fingerprint density at radius 1 is 1.12 bits per heavy atom. The molecule has 2 amide bonds. The number of hydrogen-bond donors (Lipinski definition) is 1. The minimum absolute atomic E-state index is 0.0474. The van der Waals surface area contributed by atoms with Crippen LogP contribution in [0.5, 0.6) is 5.75 Å². The molecule has 174 valence electrons. The van der Waals surface area contributed by atoms with E-state index in [2.05, 4.69) is 25.3 Å². The summed E-state index contributed by atoms with van der Waals surface area (Å²) in [4.78, 5) is 38.2. The standard InChI is InChI=1S/C23H29N7O3/c1-16(2)21(27-19(31)14-33-18-7-5-4-6-8-18)22(32)29-11-9-28(10-12-29)20-13-17(3)26-23-24-15-25-30(20)23/h4-8,13,15-16,21H,9-12,14H2,1-3H3,(H,27,31). The van der Waals surface area contributed by atoms with Gasteiger partial charge in [-0.25, -0.2) is 4.98 Å². The number of hydrogen-bond acceptors (Lipinski definition) is 7. The number of aryl methyl sites for hydroxylation is 1. The smallest absolute Gasteiger partial charge is 0.258 e. The maximum Gasteiger partial charge on any atom is 0.258 e. The molecule has 0 saturated carbocycles. The predicted octanol–water partition coefficient (Wildman–Crippen LogP) is 1.30. The number of aromatic nitrogens is 4. The van der Waals surface area contributed by atoms with Crippen molar-refractivity contribution in [3.8, 4) is 5.75 Å². The van der Waals surface area contributed by atoms with Crippen LogP contribution in [0.15, 0.2) is 42.7 Å². The number of rotatable bonds is 7. The van der Waals surface area contributed by atoms with E-state index >= 15 is 0 Å². The van der Waals surface area contributed by atoms with Crippen LogP contribution in [0.4, 0.5) is 5.82 Å². The lowest BCUT2D eigenvalue weighted by molar-refractivity contribution is -0.138. The Morgan fingerprint density at radius 3 is 2.55 bits per heavy atom. The quantitative estimate of drug-likeness (QED) is 0.577. The van der Waals surface area contributed by atoms with Crippen LogP contribution in [0, 0.1) is 12.8 Å². The number of amides is 2. The van der Waals surface area contributed by atoms with Crippen LogP contribution in [-0.4, -0.2) is 75.1 Å². The predicted molar refractivity (Wildman–Crippen MR) is 123 cm³/mol. The number of nitrogens with zero attached hydrogens (tertiary/aromatic N) is 6. The molecule has 0 radical (unpaired) electrons. The Balaban J connectivity index is 1.35. The summed E-state index contributed by atoms with van der Waals surface area (Å²) in [6, 6.07) is 10.5. The molecule has 0 bridgehead atoms. The van der Waals surface area contributed by atoms with Crippen molar-refractivity contribution in [1.29, 1.82) is 0 Å². The zero-order chi connectivity index (χ0) is 23.4. The van der Waals surface area contributed by atoms with Gasteiger partial charge in [-0.1, -0.05) is 32.0 Å². The molecule has 1 aromatic carbocycles.